The Kier molecular flexibility index (Phi) is 5.95. The minimum Gasteiger partial charge on any atom is -0.462 e. The number of benzene rings is 1. The van der Waals surface area contributed by atoms with Gasteiger partial charge in [0.1, 0.15) is 5.82 Å². The summed E-state index contributed by atoms with van der Waals surface area (Å²) in [5.74, 6) is -1.68. The quantitative estimate of drug-likeness (QED) is 0.457. The van der Waals surface area contributed by atoms with Crippen LogP contribution in [0.4, 0.5) is 4.39 Å². The number of carbonyl (C=O) groups excluding carboxylic acids is 1. The van der Waals surface area contributed by atoms with Crippen LogP contribution >= 0.6 is 10.7 Å². The monoisotopic (exact) mass is 322 g/mol. The Morgan fingerprint density at radius 3 is 2.55 bits per heavy atom. The van der Waals surface area contributed by atoms with E-state index in [0.29, 0.717) is 6.42 Å². The van der Waals surface area contributed by atoms with E-state index in [-0.39, 0.29) is 17.1 Å². The number of hydrogen-bond donors (Lipinski definition) is 0. The van der Waals surface area contributed by atoms with Gasteiger partial charge < -0.3 is 4.74 Å². The van der Waals surface area contributed by atoms with E-state index in [0.717, 1.165) is 25.0 Å². The zero-order valence-corrected chi connectivity index (χ0v) is 12.9. The van der Waals surface area contributed by atoms with Crippen LogP contribution in [0.2, 0.25) is 0 Å². The number of ether oxygens (including phenoxy) is 1. The number of hydrogen-bond acceptors (Lipinski definition) is 4. The maximum atomic E-state index is 13.9. The normalized spacial score (nSPS) is 11.4. The molecule has 1 aromatic carbocycles. The molecule has 112 valence electrons. The summed E-state index contributed by atoms with van der Waals surface area (Å²) in [6.45, 7) is 3.53. The zero-order valence-electron chi connectivity index (χ0n) is 11.3. The van der Waals surface area contributed by atoms with E-state index in [1.165, 1.54) is 6.92 Å². The van der Waals surface area contributed by atoms with E-state index in [9.17, 15) is 17.6 Å². The van der Waals surface area contributed by atoms with Crippen LogP contribution in [0, 0.1) is 12.7 Å². The van der Waals surface area contributed by atoms with Crippen molar-refractivity contribution >= 4 is 25.7 Å². The lowest BCUT2D eigenvalue weighted by atomic mass is 10.1. The molecule has 0 amide bonds. The SMILES string of the molecule is CCCCCOC(=O)c1cc(S(=O)(=O)Cl)cc(C)c1F. The summed E-state index contributed by atoms with van der Waals surface area (Å²) in [6, 6.07) is 1.97. The largest absolute Gasteiger partial charge is 0.462 e. The average molecular weight is 323 g/mol. The number of unbranched alkanes of at least 4 members (excludes halogenated alkanes) is 2. The fourth-order valence-corrected chi connectivity index (χ4v) is 2.46. The molecule has 4 nitrogen and oxygen atoms in total. The van der Waals surface area contributed by atoms with Crippen molar-refractivity contribution < 1.29 is 22.3 Å². The highest BCUT2D eigenvalue weighted by atomic mass is 35.7. The zero-order chi connectivity index (χ0) is 15.3. The van der Waals surface area contributed by atoms with Crippen LogP contribution in [0.3, 0.4) is 0 Å². The second-order valence-electron chi connectivity index (χ2n) is 4.38. The summed E-state index contributed by atoms with van der Waals surface area (Å²) < 4.78 is 41.3. The summed E-state index contributed by atoms with van der Waals surface area (Å²) in [5, 5.41) is 0. The summed E-state index contributed by atoms with van der Waals surface area (Å²) in [4.78, 5) is 11.4. The molecular weight excluding hydrogens is 307 g/mol. The van der Waals surface area contributed by atoms with Crippen LogP contribution in [-0.2, 0) is 13.8 Å². The van der Waals surface area contributed by atoms with Crippen molar-refractivity contribution in [3.05, 3.63) is 29.1 Å². The predicted molar refractivity (Wildman–Crippen MR) is 74.0 cm³/mol. The van der Waals surface area contributed by atoms with E-state index in [4.69, 9.17) is 15.4 Å². The first kappa shape index (κ1) is 16.9. The molecule has 0 saturated carbocycles. The molecular formula is C13H16ClFO4S. The van der Waals surface area contributed by atoms with Crippen molar-refractivity contribution in [2.75, 3.05) is 6.61 Å². The number of esters is 1. The smallest absolute Gasteiger partial charge is 0.341 e. The van der Waals surface area contributed by atoms with E-state index < -0.39 is 26.4 Å². The first-order chi connectivity index (χ1) is 9.27. The van der Waals surface area contributed by atoms with Crippen LogP contribution in [0.1, 0.15) is 42.1 Å². The van der Waals surface area contributed by atoms with Gasteiger partial charge in [0.2, 0.25) is 0 Å². The number of halogens is 2. The molecule has 0 bridgehead atoms. The molecule has 0 spiro atoms. The topological polar surface area (TPSA) is 60.4 Å². The third-order valence-electron chi connectivity index (χ3n) is 2.71. The van der Waals surface area contributed by atoms with Crippen LogP contribution in [0.5, 0.6) is 0 Å². The molecule has 7 heteroatoms. The highest BCUT2D eigenvalue weighted by Crippen LogP contribution is 2.22. The molecule has 0 aromatic heterocycles. The minimum atomic E-state index is -4.03. The van der Waals surface area contributed by atoms with E-state index in [2.05, 4.69) is 0 Å². The van der Waals surface area contributed by atoms with Crippen molar-refractivity contribution in [2.45, 2.75) is 38.0 Å². The van der Waals surface area contributed by atoms with Gasteiger partial charge in [0.25, 0.3) is 9.05 Å². The van der Waals surface area contributed by atoms with E-state index in [1.807, 2.05) is 6.92 Å². The fraction of sp³-hybridized carbons (Fsp3) is 0.462. The first-order valence-corrected chi connectivity index (χ1v) is 8.50. The van der Waals surface area contributed by atoms with Crippen LogP contribution in [0.25, 0.3) is 0 Å². The summed E-state index contributed by atoms with van der Waals surface area (Å²) >= 11 is 0. The molecule has 0 radical (unpaired) electrons. The van der Waals surface area contributed by atoms with Gasteiger partial charge in [-0.1, -0.05) is 19.8 Å². The Hall–Kier alpha value is -1.14. The first-order valence-electron chi connectivity index (χ1n) is 6.19. The Labute approximate surface area is 122 Å². The lowest BCUT2D eigenvalue weighted by Gasteiger charge is -2.08. The van der Waals surface area contributed by atoms with Gasteiger partial charge in [-0.15, -0.1) is 0 Å². The van der Waals surface area contributed by atoms with E-state index >= 15 is 0 Å². The van der Waals surface area contributed by atoms with Gasteiger partial charge >= 0.3 is 5.97 Å². The Balaban J connectivity index is 2.99. The number of rotatable bonds is 6. The van der Waals surface area contributed by atoms with Crippen molar-refractivity contribution in [3.8, 4) is 0 Å². The Morgan fingerprint density at radius 1 is 1.35 bits per heavy atom. The van der Waals surface area contributed by atoms with Crippen LogP contribution in [0.15, 0.2) is 17.0 Å². The molecule has 0 aliphatic carbocycles. The van der Waals surface area contributed by atoms with Gasteiger partial charge in [0, 0.05) is 10.7 Å². The molecule has 0 aliphatic rings. The van der Waals surface area contributed by atoms with Crippen LogP contribution < -0.4 is 0 Å². The Morgan fingerprint density at radius 2 is 2.00 bits per heavy atom. The molecule has 0 fully saturated rings. The third-order valence-corrected chi connectivity index (χ3v) is 4.04. The fourth-order valence-electron chi connectivity index (χ4n) is 1.62. The maximum absolute atomic E-state index is 13.9. The van der Waals surface area contributed by atoms with E-state index in [1.54, 1.807) is 0 Å². The van der Waals surface area contributed by atoms with Gasteiger partial charge in [0.05, 0.1) is 17.1 Å². The molecule has 0 N–H and O–H groups in total. The molecule has 0 aliphatic heterocycles. The summed E-state index contributed by atoms with van der Waals surface area (Å²) in [5.41, 5.74) is -0.395. The summed E-state index contributed by atoms with van der Waals surface area (Å²) in [6.07, 6.45) is 2.53. The highest BCUT2D eigenvalue weighted by molar-refractivity contribution is 8.13. The molecule has 0 atom stereocenters. The lowest BCUT2D eigenvalue weighted by molar-refractivity contribution is 0.0492. The third kappa shape index (κ3) is 4.45. The maximum Gasteiger partial charge on any atom is 0.341 e. The molecule has 0 saturated heterocycles. The van der Waals surface area contributed by atoms with Crippen molar-refractivity contribution in [2.24, 2.45) is 0 Å². The second-order valence-corrected chi connectivity index (χ2v) is 6.95. The molecule has 1 rings (SSSR count). The van der Waals surface area contributed by atoms with Gasteiger partial charge in [-0.05, 0) is 31.0 Å². The molecule has 1 aromatic rings. The van der Waals surface area contributed by atoms with Crippen molar-refractivity contribution in [3.63, 3.8) is 0 Å². The van der Waals surface area contributed by atoms with Gasteiger partial charge in [-0.25, -0.2) is 17.6 Å². The average Bonchev–Trinajstić information content (AvgIpc) is 2.36. The number of aryl methyl sites for hydroxylation is 1. The highest BCUT2D eigenvalue weighted by Gasteiger charge is 2.21. The lowest BCUT2D eigenvalue weighted by Crippen LogP contribution is -2.11. The predicted octanol–water partition coefficient (Wildman–Crippen LogP) is 3.41. The van der Waals surface area contributed by atoms with Crippen LogP contribution in [-0.4, -0.2) is 21.0 Å². The minimum absolute atomic E-state index is 0.0206. The van der Waals surface area contributed by atoms with Gasteiger partial charge in [-0.2, -0.15) is 0 Å². The molecule has 20 heavy (non-hydrogen) atoms. The van der Waals surface area contributed by atoms with Gasteiger partial charge in [0.15, 0.2) is 0 Å². The standard InChI is InChI=1S/C13H16ClFO4S/c1-3-4-5-6-19-13(16)11-8-10(20(14,17)18)7-9(2)12(11)15/h7-8H,3-6H2,1-2H3. The summed E-state index contributed by atoms with van der Waals surface area (Å²) in [7, 11) is 1.17. The van der Waals surface area contributed by atoms with Crippen molar-refractivity contribution in [1.29, 1.82) is 0 Å². The van der Waals surface area contributed by atoms with Crippen molar-refractivity contribution in [1.82, 2.24) is 0 Å². The number of carbonyl (C=O) groups is 1. The van der Waals surface area contributed by atoms with Gasteiger partial charge in [-0.3, -0.25) is 0 Å². The molecule has 0 unspecified atom stereocenters. The Bertz CT molecular complexity index is 599. The second kappa shape index (κ2) is 7.04. The molecule has 0 heterocycles.